The fourth-order valence-electron chi connectivity index (χ4n) is 1.87. The Labute approximate surface area is 126 Å². The average Bonchev–Trinajstić information content (AvgIpc) is 2.94. The van der Waals surface area contributed by atoms with Gasteiger partial charge in [0.25, 0.3) is 6.43 Å². The molecule has 0 N–H and O–H groups in total. The molecule has 0 aromatic carbocycles. The van der Waals surface area contributed by atoms with Crippen LogP contribution in [0.1, 0.15) is 29.1 Å². The van der Waals surface area contributed by atoms with Gasteiger partial charge in [0.1, 0.15) is 17.7 Å². The summed E-state index contributed by atoms with van der Waals surface area (Å²) in [5.74, 6) is -2.06. The minimum absolute atomic E-state index is 0.521. The summed E-state index contributed by atoms with van der Waals surface area (Å²) in [6.07, 6.45) is -7.37. The topological polar surface area (TPSA) is 90.9 Å². The molecule has 128 valence electrons. The molecule has 0 bridgehead atoms. The van der Waals surface area contributed by atoms with E-state index in [2.05, 4.69) is 20.0 Å². The van der Waals surface area contributed by atoms with Crippen molar-refractivity contribution in [3.05, 3.63) is 28.9 Å². The van der Waals surface area contributed by atoms with Crippen LogP contribution in [0.25, 0.3) is 0 Å². The Balaban J connectivity index is 2.27. The van der Waals surface area contributed by atoms with E-state index in [9.17, 15) is 30.4 Å². The number of sulfone groups is 1. The lowest BCUT2D eigenvalue weighted by Gasteiger charge is -2.06. The number of hydrogen-bond donors (Lipinski definition) is 0. The van der Waals surface area contributed by atoms with E-state index in [-0.39, 0.29) is 0 Å². The first-order chi connectivity index (χ1) is 10.5. The fourth-order valence-corrected chi connectivity index (χ4v) is 3.27. The predicted molar refractivity (Wildman–Crippen MR) is 63.8 cm³/mol. The van der Waals surface area contributed by atoms with Gasteiger partial charge >= 0.3 is 6.18 Å². The molecule has 0 saturated carbocycles. The highest BCUT2D eigenvalue weighted by Crippen LogP contribution is 2.32. The third-order valence-corrected chi connectivity index (χ3v) is 4.26. The van der Waals surface area contributed by atoms with Crippen LogP contribution in [0.3, 0.4) is 0 Å². The van der Waals surface area contributed by atoms with E-state index in [1.807, 2.05) is 0 Å². The number of nitrogens with zero attached hydrogens (tertiary/aromatic N) is 4. The number of aryl methyl sites for hydroxylation is 1. The quantitative estimate of drug-likeness (QED) is 0.756. The summed E-state index contributed by atoms with van der Waals surface area (Å²) in [6.45, 7) is 0. The summed E-state index contributed by atoms with van der Waals surface area (Å²) in [4.78, 5) is 0. The second kappa shape index (κ2) is 5.86. The minimum Gasteiger partial charge on any atom is -0.364 e. The molecule has 0 fully saturated rings. The van der Waals surface area contributed by atoms with Gasteiger partial charge in [0, 0.05) is 12.6 Å². The third kappa shape index (κ3) is 3.83. The maximum atomic E-state index is 12.8. The van der Waals surface area contributed by atoms with E-state index in [1.165, 1.54) is 0 Å². The highest BCUT2D eigenvalue weighted by atomic mass is 32.2. The molecule has 13 heteroatoms. The van der Waals surface area contributed by atoms with Gasteiger partial charge in [-0.15, -0.1) is 5.10 Å². The molecule has 0 atom stereocenters. The van der Waals surface area contributed by atoms with E-state index >= 15 is 0 Å². The highest BCUT2D eigenvalue weighted by Gasteiger charge is 2.38. The largest absolute Gasteiger partial charge is 0.437 e. The Morgan fingerprint density at radius 3 is 2.52 bits per heavy atom. The van der Waals surface area contributed by atoms with Crippen molar-refractivity contribution in [1.29, 1.82) is 0 Å². The summed E-state index contributed by atoms with van der Waals surface area (Å²) in [6, 6.07) is 0. The number of alkyl halides is 5. The zero-order valence-electron chi connectivity index (χ0n) is 11.4. The van der Waals surface area contributed by atoms with Crippen molar-refractivity contribution in [3.63, 3.8) is 0 Å². The molecule has 2 aromatic heterocycles. The van der Waals surface area contributed by atoms with Crippen LogP contribution in [-0.2, 0) is 34.6 Å². The summed E-state index contributed by atoms with van der Waals surface area (Å²) >= 11 is 0. The molecule has 0 aliphatic heterocycles. The first-order valence-corrected chi connectivity index (χ1v) is 7.71. The van der Waals surface area contributed by atoms with Crippen LogP contribution in [0.15, 0.2) is 10.8 Å². The Morgan fingerprint density at radius 2 is 1.96 bits per heavy atom. The lowest BCUT2D eigenvalue weighted by atomic mass is 10.3. The summed E-state index contributed by atoms with van der Waals surface area (Å²) < 4.78 is 92.3. The summed E-state index contributed by atoms with van der Waals surface area (Å²) in [5.41, 5.74) is -3.42. The molecule has 0 saturated heterocycles. The van der Waals surface area contributed by atoms with Crippen molar-refractivity contribution < 1.29 is 34.9 Å². The van der Waals surface area contributed by atoms with E-state index in [1.54, 1.807) is 0 Å². The van der Waals surface area contributed by atoms with Crippen LogP contribution in [0.2, 0.25) is 0 Å². The van der Waals surface area contributed by atoms with Gasteiger partial charge in [-0.3, -0.25) is 0 Å². The Bertz CT molecular complexity index is 796. The summed E-state index contributed by atoms with van der Waals surface area (Å²) in [5, 5.41) is 9.31. The van der Waals surface area contributed by atoms with E-state index < -0.39 is 56.6 Å². The van der Waals surface area contributed by atoms with Crippen LogP contribution in [0.4, 0.5) is 22.0 Å². The molecule has 0 radical (unpaired) electrons. The van der Waals surface area contributed by atoms with Gasteiger partial charge in [0.05, 0.1) is 11.5 Å². The number of rotatable bonds is 5. The fraction of sp³-hybridized carbons (Fsp3) is 0.500. The van der Waals surface area contributed by atoms with Crippen molar-refractivity contribution in [2.24, 2.45) is 7.05 Å². The summed E-state index contributed by atoms with van der Waals surface area (Å²) in [7, 11) is -3.09. The molecular weight excluding hydrogens is 351 g/mol. The molecule has 7 nitrogen and oxygen atoms in total. The van der Waals surface area contributed by atoms with Gasteiger partial charge in [-0.05, 0) is 0 Å². The van der Waals surface area contributed by atoms with Crippen LogP contribution in [0, 0.1) is 0 Å². The molecule has 23 heavy (non-hydrogen) atoms. The molecule has 0 amide bonds. The molecule has 2 rings (SSSR count). The second-order valence-corrected chi connectivity index (χ2v) is 6.63. The SMILES string of the molecule is Cn1nnc(CS(=O)(=O)Cc2conc2C(F)(F)F)c1C(F)F. The minimum atomic E-state index is -4.89. The van der Waals surface area contributed by atoms with Gasteiger partial charge in [0.2, 0.25) is 0 Å². The monoisotopic (exact) mass is 360 g/mol. The van der Waals surface area contributed by atoms with E-state index in [0.717, 1.165) is 7.05 Å². The van der Waals surface area contributed by atoms with Crippen molar-refractivity contribution in [1.82, 2.24) is 20.2 Å². The Kier molecular flexibility index (Phi) is 4.41. The van der Waals surface area contributed by atoms with Crippen LogP contribution in [0.5, 0.6) is 0 Å². The molecule has 2 aromatic rings. The lowest BCUT2D eigenvalue weighted by molar-refractivity contribution is -0.143. The van der Waals surface area contributed by atoms with Gasteiger partial charge in [-0.25, -0.2) is 21.9 Å². The molecule has 0 unspecified atom stereocenters. The van der Waals surface area contributed by atoms with Crippen LogP contribution < -0.4 is 0 Å². The molecule has 0 spiro atoms. The standard InChI is InChI=1S/C10H9F5N4O3S/c1-19-7(9(11)12)6(16-18-19)4-23(20,21)3-5-2-22-17-8(5)10(13,14)15/h2,9H,3-4H2,1H3. The number of hydrogen-bond acceptors (Lipinski definition) is 6. The molecular formula is C10H9F5N4O3S. The first-order valence-electron chi connectivity index (χ1n) is 5.88. The highest BCUT2D eigenvalue weighted by molar-refractivity contribution is 7.89. The molecule has 0 aliphatic carbocycles. The van der Waals surface area contributed by atoms with Crippen molar-refractivity contribution in [2.45, 2.75) is 24.1 Å². The number of aromatic nitrogens is 4. The zero-order valence-corrected chi connectivity index (χ0v) is 12.2. The maximum Gasteiger partial charge on any atom is 0.437 e. The first kappa shape index (κ1) is 17.3. The smallest absolute Gasteiger partial charge is 0.364 e. The average molecular weight is 360 g/mol. The second-order valence-electron chi connectivity index (χ2n) is 4.56. The zero-order chi connectivity index (χ0) is 17.4. The van der Waals surface area contributed by atoms with Crippen molar-refractivity contribution in [3.8, 4) is 0 Å². The normalized spacial score (nSPS) is 13.0. The maximum absolute atomic E-state index is 12.8. The van der Waals surface area contributed by atoms with Gasteiger partial charge in [-0.2, -0.15) is 13.2 Å². The van der Waals surface area contributed by atoms with Crippen LogP contribution in [-0.4, -0.2) is 28.6 Å². The third-order valence-electron chi connectivity index (χ3n) is 2.79. The van der Waals surface area contributed by atoms with Gasteiger partial charge in [0.15, 0.2) is 15.5 Å². The van der Waals surface area contributed by atoms with Crippen molar-refractivity contribution >= 4 is 9.84 Å². The number of halogens is 5. The van der Waals surface area contributed by atoms with E-state index in [4.69, 9.17) is 0 Å². The van der Waals surface area contributed by atoms with Gasteiger partial charge in [-0.1, -0.05) is 10.4 Å². The predicted octanol–water partition coefficient (Wildman–Crippen LogP) is 1.87. The van der Waals surface area contributed by atoms with E-state index in [0.29, 0.717) is 10.9 Å². The molecule has 0 aliphatic rings. The Morgan fingerprint density at radius 1 is 1.30 bits per heavy atom. The lowest BCUT2D eigenvalue weighted by Crippen LogP contribution is -2.14. The van der Waals surface area contributed by atoms with Crippen LogP contribution >= 0.6 is 0 Å². The molecule has 2 heterocycles. The van der Waals surface area contributed by atoms with Crippen molar-refractivity contribution in [2.75, 3.05) is 0 Å². The Hall–Kier alpha value is -2.05. The van der Waals surface area contributed by atoms with Gasteiger partial charge < -0.3 is 4.52 Å².